The highest BCUT2D eigenvalue weighted by atomic mass is 35.5. The van der Waals surface area contributed by atoms with Crippen molar-refractivity contribution in [2.75, 3.05) is 23.4 Å². The molecule has 3 aromatic carbocycles. The Hall–Kier alpha value is -3.25. The van der Waals surface area contributed by atoms with Crippen molar-refractivity contribution >= 4 is 46.4 Å². The van der Waals surface area contributed by atoms with Crippen LogP contribution in [0.1, 0.15) is 32.7 Å². The van der Waals surface area contributed by atoms with Crippen molar-refractivity contribution in [3.63, 3.8) is 0 Å². The fraction of sp³-hybridized carbons (Fsp3) is 0.200. The average Bonchev–Trinajstić information content (AvgIpc) is 2.94. The average molecular weight is 575 g/mol. The molecule has 1 heterocycles. The second-order valence-corrected chi connectivity index (χ2v) is 9.33. The lowest BCUT2D eigenvalue weighted by Crippen LogP contribution is -2.48. The SMILES string of the molecule is O=C(Nc1ccc(C(=O)N2CCC(F)(F)[C@](O)(CO)c3cc(Cl)ccc32)cc1F)c1cc(F)c(F)cc1Cl. The smallest absolute Gasteiger partial charge is 0.284 e. The summed E-state index contributed by atoms with van der Waals surface area (Å²) in [5, 5.41) is 22.0. The Bertz CT molecular complexity index is 1460. The Morgan fingerprint density at radius 3 is 2.32 bits per heavy atom. The van der Waals surface area contributed by atoms with Crippen LogP contribution in [0, 0.1) is 17.5 Å². The maximum atomic E-state index is 14.9. The predicted molar refractivity (Wildman–Crippen MR) is 129 cm³/mol. The van der Waals surface area contributed by atoms with Gasteiger partial charge in [0.15, 0.2) is 17.2 Å². The standard InChI is InChI=1S/C25H17Cl2F5N2O4/c26-13-2-4-21-15(8-13)24(38,11-35)25(31,32)5-6-34(21)23(37)12-1-3-20(19(30)7-12)33-22(36)14-9-17(28)18(29)10-16(14)27/h1-4,7-10,35,38H,5-6,11H2,(H,33,36)/t24-/m0/s1. The number of carbonyl (C=O) groups excluding carboxylic acids is 2. The molecule has 3 N–H and O–H groups in total. The number of rotatable bonds is 4. The van der Waals surface area contributed by atoms with E-state index in [0.717, 1.165) is 29.2 Å². The Morgan fingerprint density at radius 2 is 1.66 bits per heavy atom. The van der Waals surface area contributed by atoms with Gasteiger partial charge in [-0.25, -0.2) is 22.0 Å². The van der Waals surface area contributed by atoms with Crippen molar-refractivity contribution in [2.24, 2.45) is 0 Å². The van der Waals surface area contributed by atoms with Gasteiger partial charge in [-0.05, 0) is 48.5 Å². The van der Waals surface area contributed by atoms with E-state index < -0.39 is 82.2 Å². The van der Waals surface area contributed by atoms with Gasteiger partial charge in [0.2, 0.25) is 0 Å². The fourth-order valence-electron chi connectivity index (χ4n) is 4.05. The number of alkyl halides is 2. The van der Waals surface area contributed by atoms with E-state index in [0.29, 0.717) is 12.1 Å². The Balaban J connectivity index is 1.66. The molecule has 0 saturated carbocycles. The molecule has 0 saturated heterocycles. The van der Waals surface area contributed by atoms with Gasteiger partial charge in [0, 0.05) is 29.1 Å². The zero-order chi connectivity index (χ0) is 28.0. The molecule has 1 aliphatic heterocycles. The Morgan fingerprint density at radius 1 is 0.974 bits per heavy atom. The van der Waals surface area contributed by atoms with Gasteiger partial charge >= 0.3 is 0 Å². The number of hydrogen-bond donors (Lipinski definition) is 3. The summed E-state index contributed by atoms with van der Waals surface area (Å²) in [6, 6.07) is 7.49. The van der Waals surface area contributed by atoms with Crippen LogP contribution in [0.3, 0.4) is 0 Å². The number of nitrogens with zero attached hydrogens (tertiary/aromatic N) is 1. The molecule has 2 amide bonds. The van der Waals surface area contributed by atoms with Crippen molar-refractivity contribution in [1.29, 1.82) is 0 Å². The van der Waals surface area contributed by atoms with Crippen LogP contribution in [0.15, 0.2) is 48.5 Å². The van der Waals surface area contributed by atoms with Crippen LogP contribution in [0.4, 0.5) is 33.3 Å². The van der Waals surface area contributed by atoms with Crippen molar-refractivity contribution in [3.05, 3.63) is 92.7 Å². The summed E-state index contributed by atoms with van der Waals surface area (Å²) < 4.78 is 71.4. The summed E-state index contributed by atoms with van der Waals surface area (Å²) in [4.78, 5) is 26.6. The molecule has 0 aliphatic carbocycles. The number of halogens is 7. The van der Waals surface area contributed by atoms with Crippen LogP contribution in [-0.2, 0) is 5.60 Å². The first-order valence-electron chi connectivity index (χ1n) is 10.9. The molecule has 1 aliphatic rings. The van der Waals surface area contributed by atoms with Crippen molar-refractivity contribution in [3.8, 4) is 0 Å². The lowest BCUT2D eigenvalue weighted by atomic mass is 9.86. The third-order valence-corrected chi connectivity index (χ3v) is 6.69. The van der Waals surface area contributed by atoms with E-state index in [1.807, 2.05) is 0 Å². The molecule has 0 bridgehead atoms. The maximum absolute atomic E-state index is 14.9. The maximum Gasteiger partial charge on any atom is 0.284 e. The van der Waals surface area contributed by atoms with Gasteiger partial charge in [-0.2, -0.15) is 0 Å². The minimum Gasteiger partial charge on any atom is -0.393 e. The first kappa shape index (κ1) is 27.8. The minimum atomic E-state index is -3.85. The zero-order valence-electron chi connectivity index (χ0n) is 19.0. The van der Waals surface area contributed by atoms with E-state index in [1.54, 1.807) is 0 Å². The van der Waals surface area contributed by atoms with Gasteiger partial charge < -0.3 is 20.4 Å². The predicted octanol–water partition coefficient (Wildman–Crippen LogP) is 5.53. The minimum absolute atomic E-state index is 0.0343. The largest absolute Gasteiger partial charge is 0.393 e. The number of carbonyl (C=O) groups is 2. The molecular weight excluding hydrogens is 558 g/mol. The second-order valence-electron chi connectivity index (χ2n) is 8.49. The first-order chi connectivity index (χ1) is 17.8. The van der Waals surface area contributed by atoms with Crippen LogP contribution in [0.25, 0.3) is 0 Å². The van der Waals surface area contributed by atoms with Crippen LogP contribution in [0.5, 0.6) is 0 Å². The topological polar surface area (TPSA) is 89.9 Å². The van der Waals surface area contributed by atoms with E-state index in [2.05, 4.69) is 5.32 Å². The van der Waals surface area contributed by atoms with Gasteiger partial charge in [-0.1, -0.05) is 23.2 Å². The number of aliphatic hydroxyl groups is 2. The molecule has 1 atom stereocenters. The van der Waals surface area contributed by atoms with Crippen LogP contribution < -0.4 is 10.2 Å². The quantitative estimate of drug-likeness (QED) is 0.282. The lowest BCUT2D eigenvalue weighted by Gasteiger charge is -2.33. The van der Waals surface area contributed by atoms with E-state index >= 15 is 0 Å². The van der Waals surface area contributed by atoms with Crippen LogP contribution in [-0.4, -0.2) is 41.1 Å². The normalized spacial score (nSPS) is 18.5. The molecule has 13 heteroatoms. The molecular formula is C25H17Cl2F5N2O4. The lowest BCUT2D eigenvalue weighted by molar-refractivity contribution is -0.205. The third-order valence-electron chi connectivity index (χ3n) is 6.14. The highest BCUT2D eigenvalue weighted by molar-refractivity contribution is 6.34. The highest BCUT2D eigenvalue weighted by Crippen LogP contribution is 2.47. The van der Waals surface area contributed by atoms with E-state index in [9.17, 15) is 41.8 Å². The molecule has 0 radical (unpaired) electrons. The van der Waals surface area contributed by atoms with Gasteiger partial charge in [0.1, 0.15) is 5.82 Å². The molecule has 4 rings (SSSR count). The number of benzene rings is 3. The van der Waals surface area contributed by atoms with Crippen molar-refractivity contribution in [2.45, 2.75) is 17.9 Å². The number of fused-ring (bicyclic) bond motifs is 1. The van der Waals surface area contributed by atoms with Gasteiger partial charge in [-0.3, -0.25) is 9.59 Å². The summed E-state index contributed by atoms with van der Waals surface area (Å²) in [6.45, 7) is -1.96. The highest BCUT2D eigenvalue weighted by Gasteiger charge is 2.56. The van der Waals surface area contributed by atoms with E-state index in [4.69, 9.17) is 23.2 Å². The van der Waals surface area contributed by atoms with E-state index in [1.165, 1.54) is 12.1 Å². The summed E-state index contributed by atoms with van der Waals surface area (Å²) in [6.07, 6.45) is -1.03. The first-order valence-corrected chi connectivity index (χ1v) is 11.6. The van der Waals surface area contributed by atoms with Crippen molar-refractivity contribution in [1.82, 2.24) is 0 Å². The molecule has 0 unspecified atom stereocenters. The number of nitrogens with one attached hydrogen (secondary N) is 1. The number of aliphatic hydroxyl groups excluding tert-OH is 1. The zero-order valence-corrected chi connectivity index (χ0v) is 20.6. The monoisotopic (exact) mass is 574 g/mol. The van der Waals surface area contributed by atoms with Crippen LogP contribution in [0.2, 0.25) is 10.0 Å². The molecule has 6 nitrogen and oxygen atoms in total. The fourth-order valence-corrected chi connectivity index (χ4v) is 4.46. The number of amides is 2. The van der Waals surface area contributed by atoms with E-state index in [-0.39, 0.29) is 16.3 Å². The summed E-state index contributed by atoms with van der Waals surface area (Å²) >= 11 is 11.7. The molecule has 3 aromatic rings. The number of anilines is 2. The van der Waals surface area contributed by atoms with Gasteiger partial charge in [0.05, 0.1) is 28.6 Å². The molecule has 0 fully saturated rings. The summed E-state index contributed by atoms with van der Waals surface area (Å²) in [5.41, 5.74) is -4.90. The molecule has 200 valence electrons. The Kier molecular flexibility index (Phi) is 7.41. The van der Waals surface area contributed by atoms with Gasteiger partial charge in [0.25, 0.3) is 17.7 Å². The summed E-state index contributed by atoms with van der Waals surface area (Å²) in [5.74, 6) is -9.57. The van der Waals surface area contributed by atoms with Crippen LogP contribution >= 0.6 is 23.2 Å². The second kappa shape index (κ2) is 10.1. The van der Waals surface area contributed by atoms with Gasteiger partial charge in [-0.15, -0.1) is 0 Å². The Labute approximate surface area is 222 Å². The number of hydrogen-bond acceptors (Lipinski definition) is 4. The molecule has 38 heavy (non-hydrogen) atoms. The third kappa shape index (κ3) is 4.82. The summed E-state index contributed by atoms with van der Waals surface area (Å²) in [7, 11) is 0. The van der Waals surface area contributed by atoms with Crippen molar-refractivity contribution < 1.29 is 41.8 Å². The molecule has 0 spiro atoms. The molecule has 0 aromatic heterocycles.